The van der Waals surface area contributed by atoms with Gasteiger partial charge in [-0.2, -0.15) is 0 Å². The largest absolute Gasteiger partial charge is 0.497 e. The first-order valence-corrected chi connectivity index (χ1v) is 6.36. The second-order valence-electron chi connectivity index (χ2n) is 4.81. The highest BCUT2D eigenvalue weighted by atomic mass is 16.5. The molecule has 1 fully saturated rings. The fourth-order valence-electron chi connectivity index (χ4n) is 2.31. The third-order valence-corrected chi connectivity index (χ3v) is 3.51. The lowest BCUT2D eigenvalue weighted by atomic mass is 9.95. The van der Waals surface area contributed by atoms with Gasteiger partial charge >= 0.3 is 0 Å². The summed E-state index contributed by atoms with van der Waals surface area (Å²) in [6.07, 6.45) is 1.22. The Bertz CT molecular complexity index is 337. The van der Waals surface area contributed by atoms with Crippen molar-refractivity contribution in [3.8, 4) is 5.75 Å². The summed E-state index contributed by atoms with van der Waals surface area (Å²) in [5.41, 5.74) is 1.32. The third kappa shape index (κ3) is 3.45. The summed E-state index contributed by atoms with van der Waals surface area (Å²) in [6, 6.07) is 8.92. The molecule has 1 aliphatic heterocycles. The Hall–Kier alpha value is -1.06. The molecule has 94 valence electrons. The van der Waals surface area contributed by atoms with Gasteiger partial charge in [-0.05, 0) is 43.1 Å². The van der Waals surface area contributed by atoms with Crippen LogP contribution in [0.25, 0.3) is 0 Å². The fraction of sp³-hybridized carbons (Fsp3) is 0.571. The maximum Gasteiger partial charge on any atom is 0.118 e. The molecule has 0 saturated carbocycles. The molecular weight excluding hydrogens is 212 g/mol. The molecule has 1 aliphatic rings. The van der Waals surface area contributed by atoms with Gasteiger partial charge in [-0.25, -0.2) is 0 Å². The van der Waals surface area contributed by atoms with Crippen LogP contribution in [0.3, 0.4) is 0 Å². The molecule has 1 saturated heterocycles. The first-order valence-electron chi connectivity index (χ1n) is 6.36. The summed E-state index contributed by atoms with van der Waals surface area (Å²) in [5.74, 6) is 1.63. The van der Waals surface area contributed by atoms with Crippen molar-refractivity contribution in [1.29, 1.82) is 0 Å². The summed E-state index contributed by atoms with van der Waals surface area (Å²) in [4.78, 5) is 0. The van der Waals surface area contributed by atoms with Crippen LogP contribution in [0, 0.1) is 5.92 Å². The van der Waals surface area contributed by atoms with Crippen molar-refractivity contribution in [2.24, 2.45) is 5.92 Å². The zero-order chi connectivity index (χ0) is 12.1. The summed E-state index contributed by atoms with van der Waals surface area (Å²) < 4.78 is 5.15. The Labute approximate surface area is 104 Å². The van der Waals surface area contributed by atoms with E-state index in [1.807, 2.05) is 12.1 Å². The molecular formula is C14H22N2O. The van der Waals surface area contributed by atoms with E-state index in [4.69, 9.17) is 4.74 Å². The molecule has 0 radical (unpaired) electrons. The molecule has 2 unspecified atom stereocenters. The van der Waals surface area contributed by atoms with Gasteiger partial charge in [0.2, 0.25) is 0 Å². The van der Waals surface area contributed by atoms with E-state index >= 15 is 0 Å². The van der Waals surface area contributed by atoms with E-state index in [0.29, 0.717) is 12.0 Å². The van der Waals surface area contributed by atoms with E-state index in [-0.39, 0.29) is 0 Å². The summed E-state index contributed by atoms with van der Waals surface area (Å²) in [6.45, 7) is 5.50. The van der Waals surface area contributed by atoms with Crippen molar-refractivity contribution < 1.29 is 4.74 Å². The molecule has 0 aromatic heterocycles. The van der Waals surface area contributed by atoms with Crippen LogP contribution in [-0.2, 0) is 6.54 Å². The number of piperidine rings is 1. The fourth-order valence-corrected chi connectivity index (χ4v) is 2.31. The monoisotopic (exact) mass is 234 g/mol. The lowest BCUT2D eigenvalue weighted by Crippen LogP contribution is -2.45. The number of hydrogen-bond acceptors (Lipinski definition) is 3. The zero-order valence-corrected chi connectivity index (χ0v) is 10.7. The van der Waals surface area contributed by atoms with Gasteiger partial charge in [-0.3, -0.25) is 0 Å². The van der Waals surface area contributed by atoms with Crippen LogP contribution in [0.15, 0.2) is 24.3 Å². The van der Waals surface area contributed by atoms with Crippen LogP contribution < -0.4 is 15.4 Å². The van der Waals surface area contributed by atoms with Crippen LogP contribution >= 0.6 is 0 Å². The molecule has 1 heterocycles. The molecule has 17 heavy (non-hydrogen) atoms. The molecule has 0 aliphatic carbocycles. The predicted molar refractivity (Wildman–Crippen MR) is 70.3 cm³/mol. The minimum atomic E-state index is 0.637. The standard InChI is InChI=1S/C14H22N2O/c1-11-9-15-8-7-14(11)16-10-12-3-5-13(17-2)6-4-12/h3-6,11,14-16H,7-10H2,1-2H3. The Kier molecular flexibility index (Phi) is 4.40. The van der Waals surface area contributed by atoms with Crippen molar-refractivity contribution in [2.75, 3.05) is 20.2 Å². The SMILES string of the molecule is COc1ccc(CNC2CCNCC2C)cc1. The van der Waals surface area contributed by atoms with Gasteiger partial charge in [0.25, 0.3) is 0 Å². The second kappa shape index (κ2) is 6.03. The number of methoxy groups -OCH3 is 1. The maximum absolute atomic E-state index is 5.15. The van der Waals surface area contributed by atoms with Crippen LogP contribution in [0.5, 0.6) is 5.75 Å². The van der Waals surface area contributed by atoms with Gasteiger partial charge in [-0.1, -0.05) is 19.1 Å². The lowest BCUT2D eigenvalue weighted by Gasteiger charge is -2.30. The van der Waals surface area contributed by atoms with Gasteiger partial charge in [0.15, 0.2) is 0 Å². The predicted octanol–water partition coefficient (Wildman–Crippen LogP) is 1.78. The third-order valence-electron chi connectivity index (χ3n) is 3.51. The van der Waals surface area contributed by atoms with Crippen molar-refractivity contribution >= 4 is 0 Å². The van der Waals surface area contributed by atoms with E-state index < -0.39 is 0 Å². The Balaban J connectivity index is 1.84. The minimum Gasteiger partial charge on any atom is -0.497 e. The quantitative estimate of drug-likeness (QED) is 0.833. The molecule has 0 spiro atoms. The van der Waals surface area contributed by atoms with Crippen molar-refractivity contribution in [2.45, 2.75) is 25.9 Å². The minimum absolute atomic E-state index is 0.637. The average molecular weight is 234 g/mol. The van der Waals surface area contributed by atoms with Crippen molar-refractivity contribution in [1.82, 2.24) is 10.6 Å². The van der Waals surface area contributed by atoms with E-state index in [1.54, 1.807) is 7.11 Å². The van der Waals surface area contributed by atoms with E-state index in [0.717, 1.165) is 25.4 Å². The molecule has 2 atom stereocenters. The molecule has 3 nitrogen and oxygen atoms in total. The van der Waals surface area contributed by atoms with E-state index in [1.165, 1.54) is 12.0 Å². The Morgan fingerprint density at radius 1 is 1.35 bits per heavy atom. The number of rotatable bonds is 4. The maximum atomic E-state index is 5.15. The summed E-state index contributed by atoms with van der Waals surface area (Å²) in [7, 11) is 1.70. The highest BCUT2D eigenvalue weighted by Gasteiger charge is 2.19. The Morgan fingerprint density at radius 3 is 2.76 bits per heavy atom. The van der Waals surface area contributed by atoms with E-state index in [2.05, 4.69) is 29.7 Å². The molecule has 3 heteroatoms. The van der Waals surface area contributed by atoms with Gasteiger partial charge in [-0.15, -0.1) is 0 Å². The topological polar surface area (TPSA) is 33.3 Å². The van der Waals surface area contributed by atoms with Crippen LogP contribution in [0.2, 0.25) is 0 Å². The molecule has 1 aromatic rings. The van der Waals surface area contributed by atoms with Crippen LogP contribution in [0.4, 0.5) is 0 Å². The van der Waals surface area contributed by atoms with Gasteiger partial charge < -0.3 is 15.4 Å². The highest BCUT2D eigenvalue weighted by Crippen LogP contribution is 2.14. The van der Waals surface area contributed by atoms with E-state index in [9.17, 15) is 0 Å². The Morgan fingerprint density at radius 2 is 2.12 bits per heavy atom. The number of benzene rings is 1. The summed E-state index contributed by atoms with van der Waals surface area (Å²) >= 11 is 0. The lowest BCUT2D eigenvalue weighted by molar-refractivity contribution is 0.295. The number of hydrogen-bond donors (Lipinski definition) is 2. The van der Waals surface area contributed by atoms with Crippen molar-refractivity contribution in [3.05, 3.63) is 29.8 Å². The zero-order valence-electron chi connectivity index (χ0n) is 10.7. The highest BCUT2D eigenvalue weighted by molar-refractivity contribution is 5.27. The van der Waals surface area contributed by atoms with Gasteiger partial charge in [0.1, 0.15) is 5.75 Å². The first-order chi connectivity index (χ1) is 8.29. The average Bonchev–Trinajstić information content (AvgIpc) is 2.38. The molecule has 2 rings (SSSR count). The number of ether oxygens (including phenoxy) is 1. The molecule has 2 N–H and O–H groups in total. The van der Waals surface area contributed by atoms with Crippen molar-refractivity contribution in [3.63, 3.8) is 0 Å². The molecule has 1 aromatic carbocycles. The number of nitrogens with one attached hydrogen (secondary N) is 2. The molecule has 0 amide bonds. The van der Waals surface area contributed by atoms with Gasteiger partial charge in [0.05, 0.1) is 7.11 Å². The second-order valence-corrected chi connectivity index (χ2v) is 4.81. The van der Waals surface area contributed by atoms with Crippen LogP contribution in [0.1, 0.15) is 18.9 Å². The first kappa shape index (κ1) is 12.4. The molecule has 0 bridgehead atoms. The smallest absolute Gasteiger partial charge is 0.118 e. The van der Waals surface area contributed by atoms with Gasteiger partial charge in [0, 0.05) is 12.6 Å². The normalized spacial score (nSPS) is 24.6. The van der Waals surface area contributed by atoms with Crippen LogP contribution in [-0.4, -0.2) is 26.2 Å². The summed E-state index contributed by atoms with van der Waals surface area (Å²) in [5, 5.41) is 7.07.